The van der Waals surface area contributed by atoms with Gasteiger partial charge in [0, 0.05) is 7.26 Å². The van der Waals surface area contributed by atoms with Gasteiger partial charge in [0.05, 0.1) is 36.2 Å². The molecule has 3 nitrogen and oxygen atoms in total. The van der Waals surface area contributed by atoms with Crippen molar-refractivity contribution in [3.05, 3.63) is 30.3 Å². The molecule has 0 N–H and O–H groups in total. The molecule has 0 aliphatic heterocycles. The molecule has 0 amide bonds. The molecule has 0 heterocycles. The Hall–Kier alpha value is -0.440. The van der Waals surface area contributed by atoms with Crippen LogP contribution in [0.15, 0.2) is 35.2 Å². The molecule has 0 aromatic heterocycles. The smallest absolute Gasteiger partial charge is 0.266 e. The van der Waals surface area contributed by atoms with E-state index in [4.69, 9.17) is 4.18 Å². The minimum atomic E-state index is -3.57. The average molecular weight is 810 g/mol. The van der Waals surface area contributed by atoms with Crippen molar-refractivity contribution in [3.8, 4) is 0 Å². The first kappa shape index (κ1) is 54.6. The molecular weight excluding hydrogens is 712 g/mol. The fraction of sp³-hybridized carbons (Fsp3) is 0.880. The van der Waals surface area contributed by atoms with Crippen molar-refractivity contribution in [1.29, 1.82) is 0 Å². The van der Waals surface area contributed by atoms with Gasteiger partial charge >= 0.3 is 0 Å². The Morgan fingerprint density at radius 1 is 0.364 bits per heavy atom. The van der Waals surface area contributed by atoms with Gasteiger partial charge in [0.15, 0.2) is 0 Å². The third-order valence-electron chi connectivity index (χ3n) is 11.7. The lowest BCUT2D eigenvalue weighted by Crippen LogP contribution is -2.13. The molecule has 0 unspecified atom stereocenters. The molecule has 0 atom stereocenters. The summed E-state index contributed by atoms with van der Waals surface area (Å²) in [4.78, 5) is 0.238. The summed E-state index contributed by atoms with van der Waals surface area (Å²) in [5.41, 5.74) is 0. The minimum Gasteiger partial charge on any atom is -0.266 e. The van der Waals surface area contributed by atoms with Gasteiger partial charge in [0.1, 0.15) is 0 Å². The maximum atomic E-state index is 11.9. The van der Waals surface area contributed by atoms with E-state index >= 15 is 0 Å². The van der Waals surface area contributed by atoms with Gasteiger partial charge < -0.3 is 0 Å². The van der Waals surface area contributed by atoms with Crippen LogP contribution in [-0.4, -0.2) is 39.7 Å². The van der Waals surface area contributed by atoms with Crippen LogP contribution in [0.1, 0.15) is 253 Å². The molecule has 1 rings (SSSR count). The third-order valence-corrected chi connectivity index (χ3v) is 18.1. The second-order valence-corrected chi connectivity index (χ2v) is 23.2. The van der Waals surface area contributed by atoms with Crippen LogP contribution in [0, 0.1) is 0 Å². The summed E-state index contributed by atoms with van der Waals surface area (Å²) in [6.07, 6.45) is 54.4. The van der Waals surface area contributed by atoms with E-state index in [-0.39, 0.29) is 11.5 Å². The first-order valence-corrected chi connectivity index (χ1v) is 28.6. The largest absolute Gasteiger partial charge is 0.296 e. The first-order valence-electron chi connectivity index (χ1n) is 24.7. The predicted molar refractivity (Wildman–Crippen MR) is 251 cm³/mol. The van der Waals surface area contributed by atoms with E-state index < -0.39 is 17.4 Å². The summed E-state index contributed by atoms with van der Waals surface area (Å²) < 4.78 is 28.8. The van der Waals surface area contributed by atoms with Crippen LogP contribution in [0.25, 0.3) is 0 Å². The van der Waals surface area contributed by atoms with E-state index in [0.29, 0.717) is 0 Å². The van der Waals surface area contributed by atoms with Crippen molar-refractivity contribution in [2.75, 3.05) is 31.3 Å². The van der Waals surface area contributed by atoms with Crippen molar-refractivity contribution in [2.24, 2.45) is 0 Å². The molecule has 0 aliphatic carbocycles. The van der Waals surface area contributed by atoms with Crippen LogP contribution >= 0.6 is 7.26 Å². The molecule has 0 fully saturated rings. The Kier molecular flexibility index (Phi) is 41.4. The number of hydrogen-bond acceptors (Lipinski definition) is 3. The standard InChI is InChI=1S/C32H68P.C18H30O3S/c1-5-9-13-17-18-19-20-21-22-23-24-28-32-33(29-25-14-10-6-2,30-26-15-11-7-3)31-27-16-12-8-4;1-2-3-4-5-6-7-8-9-10-14-17-21-22(19,20)18-15-12-11-13-16-18/h5-32H2,1-4H3;11-13,15-16H,2-10,14,17H2,1H3/q+1;. The summed E-state index contributed by atoms with van der Waals surface area (Å²) in [6, 6.07) is 8.33. The van der Waals surface area contributed by atoms with Crippen molar-refractivity contribution in [1.82, 2.24) is 0 Å². The van der Waals surface area contributed by atoms with Crippen molar-refractivity contribution >= 4 is 17.4 Å². The van der Waals surface area contributed by atoms with Crippen LogP contribution in [0.3, 0.4) is 0 Å². The van der Waals surface area contributed by atoms with Crippen molar-refractivity contribution in [2.45, 2.75) is 258 Å². The predicted octanol–water partition coefficient (Wildman–Crippen LogP) is 17.8. The zero-order valence-electron chi connectivity index (χ0n) is 38.0. The van der Waals surface area contributed by atoms with Gasteiger partial charge in [0.2, 0.25) is 0 Å². The Bertz CT molecular complexity index is 951. The molecule has 326 valence electrons. The zero-order chi connectivity index (χ0) is 40.4. The van der Waals surface area contributed by atoms with E-state index in [1.807, 2.05) is 0 Å². The van der Waals surface area contributed by atoms with Crippen LogP contribution in [0.4, 0.5) is 0 Å². The monoisotopic (exact) mass is 810 g/mol. The SMILES string of the molecule is CCCCCCCCCCCCCC[P+](CCCCCC)(CCCCCC)CCCCCC.CCCCCCCCCCCCOS(=O)(=O)c1ccccc1. The highest BCUT2D eigenvalue weighted by molar-refractivity contribution is 7.86. The van der Waals surface area contributed by atoms with Gasteiger partial charge in [-0.2, -0.15) is 8.42 Å². The molecule has 0 saturated heterocycles. The van der Waals surface area contributed by atoms with Crippen molar-refractivity contribution in [3.63, 3.8) is 0 Å². The lowest BCUT2D eigenvalue weighted by atomic mass is 10.1. The quantitative estimate of drug-likeness (QED) is 0.0376. The Labute approximate surface area is 348 Å². The second kappa shape index (κ2) is 41.7. The van der Waals surface area contributed by atoms with E-state index in [0.717, 1.165) is 12.8 Å². The van der Waals surface area contributed by atoms with E-state index in [2.05, 4.69) is 34.6 Å². The van der Waals surface area contributed by atoms with Gasteiger partial charge in [-0.15, -0.1) is 0 Å². The molecule has 0 radical (unpaired) electrons. The molecule has 0 aliphatic rings. The Morgan fingerprint density at radius 3 is 0.927 bits per heavy atom. The second-order valence-electron chi connectivity index (χ2n) is 17.1. The first-order chi connectivity index (χ1) is 26.9. The maximum absolute atomic E-state index is 11.9. The van der Waals surface area contributed by atoms with E-state index in [1.54, 1.807) is 80.7 Å². The van der Waals surface area contributed by atoms with Gasteiger partial charge in [-0.3, -0.25) is 4.18 Å². The molecule has 0 saturated carbocycles. The number of hydrogen-bond donors (Lipinski definition) is 0. The summed E-state index contributed by atoms with van der Waals surface area (Å²) in [7, 11) is -4.27. The fourth-order valence-electron chi connectivity index (χ4n) is 7.99. The Morgan fingerprint density at radius 2 is 0.618 bits per heavy atom. The number of rotatable bonds is 41. The molecular formula is C50H98O3PS+. The average Bonchev–Trinajstić information content (AvgIpc) is 3.20. The van der Waals surface area contributed by atoms with Gasteiger partial charge in [-0.1, -0.05) is 213 Å². The minimum absolute atomic E-state index is 0.238. The molecule has 5 heteroatoms. The lowest BCUT2D eigenvalue weighted by Gasteiger charge is -2.28. The third kappa shape index (κ3) is 35.2. The number of unbranched alkanes of at least 4 members (excludes halogenated alkanes) is 29. The summed E-state index contributed by atoms with van der Waals surface area (Å²) in [5.74, 6) is 0. The zero-order valence-corrected chi connectivity index (χ0v) is 39.8. The van der Waals surface area contributed by atoms with Crippen LogP contribution < -0.4 is 0 Å². The van der Waals surface area contributed by atoms with Crippen LogP contribution in [-0.2, 0) is 14.3 Å². The lowest BCUT2D eigenvalue weighted by molar-refractivity contribution is 0.306. The highest BCUT2D eigenvalue weighted by atomic mass is 32.2. The van der Waals surface area contributed by atoms with Gasteiger partial charge in [-0.25, -0.2) is 0 Å². The number of benzene rings is 1. The highest BCUT2D eigenvalue weighted by Gasteiger charge is 2.34. The van der Waals surface area contributed by atoms with Crippen molar-refractivity contribution < 1.29 is 12.6 Å². The summed E-state index contributed by atoms with van der Waals surface area (Å²) in [5, 5.41) is 0. The summed E-state index contributed by atoms with van der Waals surface area (Å²) >= 11 is 0. The van der Waals surface area contributed by atoms with E-state index in [1.165, 1.54) is 180 Å². The maximum Gasteiger partial charge on any atom is 0.296 e. The fourth-order valence-corrected chi connectivity index (χ4v) is 13.9. The van der Waals surface area contributed by atoms with E-state index in [9.17, 15) is 8.42 Å². The van der Waals surface area contributed by atoms with Gasteiger partial charge in [-0.05, 0) is 69.9 Å². The Balaban J connectivity index is 0.00000115. The van der Waals surface area contributed by atoms with Crippen LogP contribution in [0.5, 0.6) is 0 Å². The van der Waals surface area contributed by atoms with Crippen LogP contribution in [0.2, 0.25) is 0 Å². The molecule has 55 heavy (non-hydrogen) atoms. The molecule has 1 aromatic rings. The molecule has 0 bridgehead atoms. The normalized spacial score (nSPS) is 11.9. The summed E-state index contributed by atoms with van der Waals surface area (Å²) in [6.45, 7) is 11.9. The topological polar surface area (TPSA) is 43.4 Å². The molecule has 1 aromatic carbocycles. The molecule has 0 spiro atoms. The highest BCUT2D eigenvalue weighted by Crippen LogP contribution is 2.61. The van der Waals surface area contributed by atoms with Gasteiger partial charge in [0.25, 0.3) is 10.1 Å².